The summed E-state index contributed by atoms with van der Waals surface area (Å²) < 4.78 is 39.1. The zero-order valence-electron chi connectivity index (χ0n) is 13.9. The summed E-state index contributed by atoms with van der Waals surface area (Å²) in [6.45, 7) is 0. The average Bonchev–Trinajstić information content (AvgIpc) is 3.16. The molecule has 3 rings (SSSR count). The molecule has 11 heteroatoms. The van der Waals surface area contributed by atoms with Gasteiger partial charge in [0.25, 0.3) is 0 Å². The van der Waals surface area contributed by atoms with E-state index in [4.69, 9.17) is 23.2 Å². The largest absolute Gasteiger partial charge is 0.416 e. The minimum atomic E-state index is -4.53. The summed E-state index contributed by atoms with van der Waals surface area (Å²) >= 11 is 11.9. The Morgan fingerprint density at radius 2 is 1.93 bits per heavy atom. The predicted molar refractivity (Wildman–Crippen MR) is 98.3 cm³/mol. The number of urea groups is 1. The molecule has 0 spiro atoms. The van der Waals surface area contributed by atoms with E-state index in [2.05, 4.69) is 25.8 Å². The predicted octanol–water partition coefficient (Wildman–Crippen LogP) is 5.04. The Balaban J connectivity index is 1.88. The molecule has 0 bridgehead atoms. The zero-order chi connectivity index (χ0) is 20.3. The Kier molecular flexibility index (Phi) is 5.76. The molecule has 0 aliphatic rings. The highest BCUT2D eigenvalue weighted by Gasteiger charge is 2.31. The van der Waals surface area contributed by atoms with E-state index in [0.717, 1.165) is 12.1 Å². The number of alkyl halides is 3. The molecule has 0 saturated carbocycles. The number of benzene rings is 2. The van der Waals surface area contributed by atoms with Crippen LogP contribution in [0.2, 0.25) is 10.0 Å². The van der Waals surface area contributed by atoms with Gasteiger partial charge in [-0.2, -0.15) is 18.3 Å². The summed E-state index contributed by atoms with van der Waals surface area (Å²) in [4.78, 5) is 16.4. The lowest BCUT2D eigenvalue weighted by Gasteiger charge is -2.19. The van der Waals surface area contributed by atoms with Crippen LogP contribution in [0.25, 0.3) is 0 Å². The Morgan fingerprint density at radius 1 is 1.14 bits per heavy atom. The molecule has 2 amide bonds. The number of hydrogen-bond donors (Lipinski definition) is 3. The van der Waals surface area contributed by atoms with Gasteiger partial charge in [0.15, 0.2) is 5.82 Å². The fraction of sp³-hybridized carbons (Fsp3) is 0.118. The Labute approximate surface area is 167 Å². The van der Waals surface area contributed by atoms with Crippen molar-refractivity contribution in [2.45, 2.75) is 12.2 Å². The standard InChI is InChI=1S/C17H12Cl2F3N5O/c18-11-4-5-12(19)13(7-11)25-16(28)26-14(15-23-8-24-27-15)9-2-1-3-10(6-9)17(20,21)22/h1-8,14H,(H,23,24,27)(H2,25,26,28)/t14-/m0/s1. The first-order chi connectivity index (χ1) is 13.2. The second-order valence-corrected chi connectivity index (χ2v) is 6.49. The highest BCUT2D eigenvalue weighted by Crippen LogP contribution is 2.32. The van der Waals surface area contributed by atoms with Gasteiger partial charge in [-0.25, -0.2) is 9.78 Å². The third-order valence-corrected chi connectivity index (χ3v) is 4.27. The van der Waals surface area contributed by atoms with Crippen molar-refractivity contribution in [2.24, 2.45) is 0 Å². The zero-order valence-corrected chi connectivity index (χ0v) is 15.4. The quantitative estimate of drug-likeness (QED) is 0.543. The van der Waals surface area contributed by atoms with Crippen LogP contribution < -0.4 is 10.6 Å². The molecule has 0 fully saturated rings. The molecular formula is C17H12Cl2F3N5O. The van der Waals surface area contributed by atoms with E-state index in [1.165, 1.54) is 30.6 Å². The van der Waals surface area contributed by atoms with Crippen LogP contribution in [-0.4, -0.2) is 21.2 Å². The van der Waals surface area contributed by atoms with Crippen LogP contribution in [0.3, 0.4) is 0 Å². The van der Waals surface area contributed by atoms with Gasteiger partial charge >= 0.3 is 12.2 Å². The number of halogens is 5. The molecule has 28 heavy (non-hydrogen) atoms. The number of nitrogens with one attached hydrogen (secondary N) is 3. The smallest absolute Gasteiger partial charge is 0.324 e. The lowest BCUT2D eigenvalue weighted by atomic mass is 10.0. The van der Waals surface area contributed by atoms with Gasteiger partial charge in [-0.1, -0.05) is 35.3 Å². The van der Waals surface area contributed by atoms with E-state index in [1.54, 1.807) is 6.07 Å². The second kappa shape index (κ2) is 8.07. The Morgan fingerprint density at radius 3 is 2.61 bits per heavy atom. The fourth-order valence-corrected chi connectivity index (χ4v) is 2.78. The minimum absolute atomic E-state index is 0.159. The van der Waals surface area contributed by atoms with Crippen molar-refractivity contribution >= 4 is 34.9 Å². The van der Waals surface area contributed by atoms with Crippen LogP contribution in [0.4, 0.5) is 23.7 Å². The molecule has 1 atom stereocenters. The van der Waals surface area contributed by atoms with Crippen LogP contribution in [0.5, 0.6) is 0 Å². The van der Waals surface area contributed by atoms with Crippen molar-refractivity contribution in [2.75, 3.05) is 5.32 Å². The topological polar surface area (TPSA) is 82.7 Å². The van der Waals surface area contributed by atoms with Gasteiger partial charge in [0.2, 0.25) is 0 Å². The van der Waals surface area contributed by atoms with Gasteiger partial charge in [0.05, 0.1) is 16.3 Å². The van der Waals surface area contributed by atoms with Gasteiger partial charge in [-0.05, 0) is 35.9 Å². The highest BCUT2D eigenvalue weighted by molar-refractivity contribution is 6.35. The molecule has 146 valence electrons. The Hall–Kier alpha value is -2.78. The second-order valence-electron chi connectivity index (χ2n) is 5.65. The monoisotopic (exact) mass is 429 g/mol. The molecule has 0 aliphatic heterocycles. The maximum atomic E-state index is 13.0. The highest BCUT2D eigenvalue weighted by atomic mass is 35.5. The molecule has 3 N–H and O–H groups in total. The summed E-state index contributed by atoms with van der Waals surface area (Å²) in [6, 6.07) is 7.31. The molecule has 6 nitrogen and oxygen atoms in total. The maximum absolute atomic E-state index is 13.0. The molecule has 1 heterocycles. The number of aromatic nitrogens is 3. The average molecular weight is 430 g/mol. The normalized spacial score (nSPS) is 12.5. The number of amides is 2. The Bertz CT molecular complexity index is 979. The molecule has 0 radical (unpaired) electrons. The van der Waals surface area contributed by atoms with E-state index in [9.17, 15) is 18.0 Å². The number of H-pyrrole nitrogens is 1. The van der Waals surface area contributed by atoms with Crippen LogP contribution in [0, 0.1) is 0 Å². The third-order valence-electron chi connectivity index (χ3n) is 3.71. The maximum Gasteiger partial charge on any atom is 0.416 e. The molecular weight excluding hydrogens is 418 g/mol. The number of rotatable bonds is 4. The summed E-state index contributed by atoms with van der Waals surface area (Å²) in [5, 5.41) is 11.9. The van der Waals surface area contributed by atoms with Gasteiger partial charge in [0, 0.05) is 5.02 Å². The van der Waals surface area contributed by atoms with Gasteiger partial charge in [0.1, 0.15) is 12.4 Å². The van der Waals surface area contributed by atoms with Crippen LogP contribution in [0.15, 0.2) is 48.8 Å². The first kappa shape index (κ1) is 20.0. The van der Waals surface area contributed by atoms with Crippen molar-refractivity contribution in [1.29, 1.82) is 0 Å². The van der Waals surface area contributed by atoms with Crippen molar-refractivity contribution in [1.82, 2.24) is 20.5 Å². The number of aromatic amines is 1. The number of carbonyl (C=O) groups is 1. The van der Waals surface area contributed by atoms with Gasteiger partial charge in [-0.15, -0.1) is 0 Å². The number of carbonyl (C=O) groups excluding carboxylic acids is 1. The van der Waals surface area contributed by atoms with Crippen molar-refractivity contribution < 1.29 is 18.0 Å². The number of nitrogens with zero attached hydrogens (tertiary/aromatic N) is 2. The van der Waals surface area contributed by atoms with Crippen LogP contribution in [-0.2, 0) is 6.18 Å². The summed E-state index contributed by atoms with van der Waals surface area (Å²) in [7, 11) is 0. The summed E-state index contributed by atoms with van der Waals surface area (Å²) in [5.41, 5.74) is -0.444. The number of anilines is 1. The summed E-state index contributed by atoms with van der Waals surface area (Å²) in [6.07, 6.45) is -3.35. The number of hydrogen-bond acceptors (Lipinski definition) is 3. The minimum Gasteiger partial charge on any atom is -0.324 e. The SMILES string of the molecule is O=C(Nc1cc(Cl)ccc1Cl)N[C@@H](c1cccc(C(F)(F)F)c1)c1ncn[nH]1. The fourth-order valence-electron chi connectivity index (χ4n) is 2.44. The van der Waals surface area contributed by atoms with E-state index < -0.39 is 23.8 Å². The van der Waals surface area contributed by atoms with Gasteiger partial charge < -0.3 is 10.6 Å². The van der Waals surface area contributed by atoms with Crippen LogP contribution >= 0.6 is 23.2 Å². The first-order valence-corrected chi connectivity index (χ1v) is 8.54. The van der Waals surface area contributed by atoms with E-state index in [-0.39, 0.29) is 22.1 Å². The van der Waals surface area contributed by atoms with E-state index >= 15 is 0 Å². The van der Waals surface area contributed by atoms with Crippen molar-refractivity contribution in [3.8, 4) is 0 Å². The first-order valence-electron chi connectivity index (χ1n) is 7.79. The van der Waals surface area contributed by atoms with E-state index in [1.807, 2.05) is 0 Å². The van der Waals surface area contributed by atoms with E-state index in [0.29, 0.717) is 5.02 Å². The summed E-state index contributed by atoms with van der Waals surface area (Å²) in [5.74, 6) is 0.159. The van der Waals surface area contributed by atoms with Gasteiger partial charge in [-0.3, -0.25) is 5.10 Å². The van der Waals surface area contributed by atoms with Crippen LogP contribution in [0.1, 0.15) is 23.0 Å². The molecule has 3 aromatic rings. The molecule has 0 aliphatic carbocycles. The molecule has 2 aromatic carbocycles. The molecule has 0 unspecified atom stereocenters. The van der Waals surface area contributed by atoms with Crippen molar-refractivity contribution in [3.63, 3.8) is 0 Å². The van der Waals surface area contributed by atoms with Crippen molar-refractivity contribution in [3.05, 3.63) is 75.8 Å². The molecule has 1 aromatic heterocycles. The molecule has 0 saturated heterocycles. The third kappa shape index (κ3) is 4.73. The lowest BCUT2D eigenvalue weighted by molar-refractivity contribution is -0.137. The lowest BCUT2D eigenvalue weighted by Crippen LogP contribution is -2.34.